The van der Waals surface area contributed by atoms with E-state index in [1.54, 1.807) is 0 Å². The van der Waals surface area contributed by atoms with Crippen LogP contribution in [0.4, 0.5) is 27.6 Å². The standard InChI is InChI=1S/C13H6F5NO/c14-5-1-7(12(18)11(19)2-5)13(20)6-3-9(16)10(17)4-8(6)15/h1-4H,19H2. The third-order valence-electron chi connectivity index (χ3n) is 2.56. The Balaban J connectivity index is 2.60. The Morgan fingerprint density at radius 2 is 1.40 bits per heavy atom. The highest BCUT2D eigenvalue weighted by Gasteiger charge is 2.22. The van der Waals surface area contributed by atoms with Gasteiger partial charge in [-0.3, -0.25) is 4.79 Å². The summed E-state index contributed by atoms with van der Waals surface area (Å²) in [6.45, 7) is 0. The third-order valence-corrected chi connectivity index (χ3v) is 2.56. The first kappa shape index (κ1) is 14.0. The average molecular weight is 287 g/mol. The number of nitrogen functional groups attached to an aromatic ring is 1. The molecule has 2 N–H and O–H groups in total. The maximum absolute atomic E-state index is 13.6. The number of nitrogens with two attached hydrogens (primary N) is 1. The van der Waals surface area contributed by atoms with Crippen LogP contribution in [0.25, 0.3) is 0 Å². The summed E-state index contributed by atoms with van der Waals surface area (Å²) >= 11 is 0. The normalized spacial score (nSPS) is 10.7. The van der Waals surface area contributed by atoms with Gasteiger partial charge in [0, 0.05) is 6.07 Å². The molecule has 0 aliphatic carbocycles. The van der Waals surface area contributed by atoms with E-state index in [0.29, 0.717) is 12.1 Å². The van der Waals surface area contributed by atoms with Crippen LogP contribution in [-0.2, 0) is 0 Å². The van der Waals surface area contributed by atoms with Gasteiger partial charge in [0.25, 0.3) is 0 Å². The van der Waals surface area contributed by atoms with Crippen LogP contribution in [0, 0.1) is 29.1 Å². The van der Waals surface area contributed by atoms with Crippen molar-refractivity contribution in [3.63, 3.8) is 0 Å². The van der Waals surface area contributed by atoms with E-state index < -0.39 is 51.7 Å². The van der Waals surface area contributed by atoms with Crippen molar-refractivity contribution in [1.29, 1.82) is 0 Å². The monoisotopic (exact) mass is 287 g/mol. The minimum atomic E-state index is -1.50. The Kier molecular flexibility index (Phi) is 3.44. The zero-order valence-electron chi connectivity index (χ0n) is 9.68. The minimum absolute atomic E-state index is 0.142. The fourth-order valence-electron chi connectivity index (χ4n) is 1.62. The number of rotatable bonds is 2. The van der Waals surface area contributed by atoms with E-state index in [-0.39, 0.29) is 12.1 Å². The number of hydrogen-bond donors (Lipinski definition) is 1. The van der Waals surface area contributed by atoms with Crippen molar-refractivity contribution in [2.24, 2.45) is 0 Å². The minimum Gasteiger partial charge on any atom is -0.396 e. The highest BCUT2D eigenvalue weighted by Crippen LogP contribution is 2.23. The molecule has 0 atom stereocenters. The number of carbonyl (C=O) groups excluding carboxylic acids is 1. The first-order valence-corrected chi connectivity index (χ1v) is 5.25. The SMILES string of the molecule is Nc1cc(F)cc(C(=O)c2cc(F)c(F)cc2F)c1F. The summed E-state index contributed by atoms with van der Waals surface area (Å²) in [7, 11) is 0. The van der Waals surface area contributed by atoms with Crippen LogP contribution in [0.2, 0.25) is 0 Å². The predicted molar refractivity (Wildman–Crippen MR) is 60.5 cm³/mol. The van der Waals surface area contributed by atoms with E-state index in [2.05, 4.69) is 0 Å². The molecule has 2 aromatic carbocycles. The van der Waals surface area contributed by atoms with Crippen LogP contribution < -0.4 is 5.73 Å². The molecule has 20 heavy (non-hydrogen) atoms. The van der Waals surface area contributed by atoms with Crippen LogP contribution in [0.3, 0.4) is 0 Å². The first-order chi connectivity index (χ1) is 9.31. The molecular formula is C13H6F5NO. The average Bonchev–Trinajstić information content (AvgIpc) is 2.37. The summed E-state index contributed by atoms with van der Waals surface area (Å²) in [4.78, 5) is 11.9. The van der Waals surface area contributed by atoms with Gasteiger partial charge in [0.15, 0.2) is 23.2 Å². The Labute approximate surface area is 109 Å². The van der Waals surface area contributed by atoms with E-state index >= 15 is 0 Å². The maximum atomic E-state index is 13.6. The van der Waals surface area contributed by atoms with Gasteiger partial charge in [-0.25, -0.2) is 22.0 Å². The lowest BCUT2D eigenvalue weighted by atomic mass is 10.0. The number of benzene rings is 2. The molecule has 0 saturated heterocycles. The summed E-state index contributed by atoms with van der Waals surface area (Å²) in [6, 6.07) is 1.54. The van der Waals surface area contributed by atoms with E-state index in [1.165, 1.54) is 0 Å². The molecule has 0 amide bonds. The maximum Gasteiger partial charge on any atom is 0.199 e. The summed E-state index contributed by atoms with van der Waals surface area (Å²) in [5, 5.41) is 0. The number of carbonyl (C=O) groups is 1. The zero-order valence-corrected chi connectivity index (χ0v) is 9.68. The fourth-order valence-corrected chi connectivity index (χ4v) is 1.62. The molecule has 0 spiro atoms. The van der Waals surface area contributed by atoms with Crippen LogP contribution in [0.5, 0.6) is 0 Å². The number of anilines is 1. The topological polar surface area (TPSA) is 43.1 Å². The van der Waals surface area contributed by atoms with Crippen molar-refractivity contribution >= 4 is 11.5 Å². The number of hydrogen-bond acceptors (Lipinski definition) is 2. The second-order valence-electron chi connectivity index (χ2n) is 3.93. The van der Waals surface area contributed by atoms with Crippen molar-refractivity contribution in [3.8, 4) is 0 Å². The Morgan fingerprint density at radius 1 is 0.800 bits per heavy atom. The predicted octanol–water partition coefficient (Wildman–Crippen LogP) is 3.20. The molecule has 7 heteroatoms. The molecule has 0 radical (unpaired) electrons. The van der Waals surface area contributed by atoms with Gasteiger partial charge in [-0.1, -0.05) is 0 Å². The summed E-state index contributed by atoms with van der Waals surface area (Å²) in [5.41, 5.74) is 2.69. The lowest BCUT2D eigenvalue weighted by Crippen LogP contribution is -2.10. The quantitative estimate of drug-likeness (QED) is 0.399. The molecule has 0 heterocycles. The highest BCUT2D eigenvalue weighted by atomic mass is 19.2. The molecular weight excluding hydrogens is 281 g/mol. The number of halogens is 5. The molecule has 2 rings (SSSR count). The van der Waals surface area contributed by atoms with Gasteiger partial charge in [0.2, 0.25) is 0 Å². The van der Waals surface area contributed by atoms with Crippen LogP contribution in [-0.4, -0.2) is 5.78 Å². The fraction of sp³-hybridized carbons (Fsp3) is 0. The van der Waals surface area contributed by atoms with Crippen molar-refractivity contribution in [3.05, 3.63) is 64.5 Å². The molecule has 0 aliphatic rings. The summed E-state index contributed by atoms with van der Waals surface area (Å²) < 4.78 is 65.9. The lowest BCUT2D eigenvalue weighted by molar-refractivity contribution is 0.103. The molecule has 2 nitrogen and oxygen atoms in total. The third kappa shape index (κ3) is 2.34. The zero-order chi connectivity index (χ0) is 15.0. The molecule has 0 unspecified atom stereocenters. The molecule has 0 aromatic heterocycles. The van der Waals surface area contributed by atoms with E-state index in [0.717, 1.165) is 0 Å². The van der Waals surface area contributed by atoms with E-state index in [1.807, 2.05) is 0 Å². The summed E-state index contributed by atoms with van der Waals surface area (Å²) in [6.07, 6.45) is 0. The van der Waals surface area contributed by atoms with Gasteiger partial charge in [0.1, 0.15) is 11.6 Å². The van der Waals surface area contributed by atoms with Gasteiger partial charge < -0.3 is 5.73 Å². The molecule has 0 fully saturated rings. The van der Waals surface area contributed by atoms with Gasteiger partial charge >= 0.3 is 0 Å². The van der Waals surface area contributed by atoms with Crippen molar-refractivity contribution in [2.45, 2.75) is 0 Å². The molecule has 2 aromatic rings. The van der Waals surface area contributed by atoms with Crippen molar-refractivity contribution in [2.75, 3.05) is 5.73 Å². The van der Waals surface area contributed by atoms with Crippen LogP contribution >= 0.6 is 0 Å². The highest BCUT2D eigenvalue weighted by molar-refractivity contribution is 6.09. The van der Waals surface area contributed by atoms with Gasteiger partial charge in [-0.2, -0.15) is 0 Å². The molecule has 104 valence electrons. The molecule has 0 aliphatic heterocycles. The number of ketones is 1. The van der Waals surface area contributed by atoms with Gasteiger partial charge in [-0.05, 0) is 18.2 Å². The van der Waals surface area contributed by atoms with E-state index in [9.17, 15) is 26.7 Å². The Hall–Kier alpha value is -2.44. The van der Waals surface area contributed by atoms with Crippen LogP contribution in [0.15, 0.2) is 24.3 Å². The Bertz CT molecular complexity index is 714. The van der Waals surface area contributed by atoms with Crippen molar-refractivity contribution in [1.82, 2.24) is 0 Å². The van der Waals surface area contributed by atoms with Gasteiger partial charge in [0.05, 0.1) is 16.8 Å². The second-order valence-corrected chi connectivity index (χ2v) is 3.93. The Morgan fingerprint density at radius 3 is 2.05 bits per heavy atom. The lowest BCUT2D eigenvalue weighted by Gasteiger charge is -2.07. The van der Waals surface area contributed by atoms with Crippen molar-refractivity contribution < 1.29 is 26.7 Å². The van der Waals surface area contributed by atoms with E-state index in [4.69, 9.17) is 5.73 Å². The molecule has 0 saturated carbocycles. The van der Waals surface area contributed by atoms with Gasteiger partial charge in [-0.15, -0.1) is 0 Å². The summed E-state index contributed by atoms with van der Waals surface area (Å²) in [5.74, 6) is -8.00. The first-order valence-electron chi connectivity index (χ1n) is 5.25. The smallest absolute Gasteiger partial charge is 0.199 e. The molecule has 0 bridgehead atoms. The largest absolute Gasteiger partial charge is 0.396 e. The second kappa shape index (κ2) is 4.92. The van der Waals surface area contributed by atoms with Crippen LogP contribution in [0.1, 0.15) is 15.9 Å².